The molecule has 1 aromatic carbocycles. The first kappa shape index (κ1) is 22.3. The minimum absolute atomic E-state index is 0.0159. The van der Waals surface area contributed by atoms with Crippen molar-refractivity contribution in [3.63, 3.8) is 0 Å². The maximum Gasteiger partial charge on any atom is 0.248 e. The Morgan fingerprint density at radius 3 is 2.43 bits per heavy atom. The number of sulfonamides is 1. The Hall–Kier alpha value is -2.39. The van der Waals surface area contributed by atoms with Crippen molar-refractivity contribution in [1.82, 2.24) is 14.8 Å². The molecular weight excluding hydrogens is 406 g/mol. The van der Waals surface area contributed by atoms with Crippen molar-refractivity contribution in [2.75, 3.05) is 20.2 Å². The number of methoxy groups -OCH3 is 1. The molecule has 0 unspecified atom stereocenters. The van der Waals surface area contributed by atoms with Gasteiger partial charge in [-0.1, -0.05) is 24.2 Å². The molecule has 0 bridgehead atoms. The van der Waals surface area contributed by atoms with Crippen molar-refractivity contribution in [1.29, 1.82) is 0 Å². The van der Waals surface area contributed by atoms with Crippen LogP contribution in [0.1, 0.15) is 36.8 Å². The van der Waals surface area contributed by atoms with E-state index < -0.39 is 10.0 Å². The zero-order chi connectivity index (χ0) is 21.9. The van der Waals surface area contributed by atoms with Gasteiger partial charge in [-0.15, -0.1) is 0 Å². The quantitative estimate of drug-likeness (QED) is 0.717. The smallest absolute Gasteiger partial charge is 0.248 e. The van der Waals surface area contributed by atoms with Gasteiger partial charge in [0.2, 0.25) is 15.9 Å². The van der Waals surface area contributed by atoms with E-state index in [1.54, 1.807) is 21.0 Å². The molecule has 1 saturated heterocycles. The highest BCUT2D eigenvalue weighted by molar-refractivity contribution is 7.89. The lowest BCUT2D eigenvalue weighted by atomic mass is 9.85. The molecule has 2 heterocycles. The van der Waals surface area contributed by atoms with E-state index in [1.807, 2.05) is 31.2 Å². The average Bonchev–Trinajstić information content (AvgIpc) is 3.10. The van der Waals surface area contributed by atoms with Crippen molar-refractivity contribution < 1.29 is 22.5 Å². The molecule has 0 radical (unpaired) electrons. The average molecular weight is 436 g/mol. The third-order valence-electron chi connectivity index (χ3n) is 5.81. The van der Waals surface area contributed by atoms with Gasteiger partial charge in [-0.25, -0.2) is 8.42 Å². The molecule has 9 heteroatoms. The second-order valence-electron chi connectivity index (χ2n) is 7.75. The summed E-state index contributed by atoms with van der Waals surface area (Å²) in [5.41, 5.74) is 1.37. The number of aryl methyl sites for hydroxylation is 2. The fraction of sp³-hybridized carbons (Fsp3) is 0.524. The van der Waals surface area contributed by atoms with Crippen LogP contribution in [0.3, 0.4) is 0 Å². The molecule has 0 spiro atoms. The molecule has 1 aliphatic heterocycles. The zero-order valence-electron chi connectivity index (χ0n) is 17.8. The van der Waals surface area contributed by atoms with Crippen LogP contribution in [-0.4, -0.2) is 44.0 Å². The van der Waals surface area contributed by atoms with Gasteiger partial charge in [-0.05, 0) is 50.3 Å². The van der Waals surface area contributed by atoms with Gasteiger partial charge in [0.05, 0.1) is 7.11 Å². The largest absolute Gasteiger partial charge is 0.497 e. The molecule has 164 valence electrons. The summed E-state index contributed by atoms with van der Waals surface area (Å²) in [7, 11) is -2.02. The minimum atomic E-state index is -3.64. The van der Waals surface area contributed by atoms with Crippen LogP contribution in [0.5, 0.6) is 5.75 Å². The molecule has 1 fully saturated rings. The Morgan fingerprint density at radius 1 is 1.27 bits per heavy atom. The number of hydrogen-bond donors (Lipinski definition) is 1. The van der Waals surface area contributed by atoms with Crippen LogP contribution in [-0.2, 0) is 21.4 Å². The second kappa shape index (κ2) is 9.18. The summed E-state index contributed by atoms with van der Waals surface area (Å²) < 4.78 is 37.5. The molecular formula is C21H29N3O5S. The molecule has 0 aliphatic carbocycles. The Bertz CT molecular complexity index is 957. The van der Waals surface area contributed by atoms with Crippen molar-refractivity contribution in [2.24, 2.45) is 11.8 Å². The van der Waals surface area contributed by atoms with Gasteiger partial charge in [0.25, 0.3) is 0 Å². The summed E-state index contributed by atoms with van der Waals surface area (Å²) in [5, 5.41) is 6.74. The molecule has 3 rings (SSSR count). The second-order valence-corrected chi connectivity index (χ2v) is 9.62. The molecule has 1 atom stereocenters. The van der Waals surface area contributed by atoms with E-state index in [0.29, 0.717) is 43.9 Å². The van der Waals surface area contributed by atoms with E-state index in [1.165, 1.54) is 4.31 Å². The number of nitrogens with one attached hydrogen (secondary N) is 1. The topological polar surface area (TPSA) is 102 Å². The normalized spacial score (nSPS) is 16.9. The number of piperidine rings is 1. The van der Waals surface area contributed by atoms with Crippen molar-refractivity contribution in [3.8, 4) is 5.75 Å². The SMILES string of the molecule is COc1ccc(CNC(=O)[C@H](C)C2CCN(S(=O)(=O)c3c(C)noc3C)CC2)cc1. The van der Waals surface area contributed by atoms with Crippen LogP contribution in [0.15, 0.2) is 33.7 Å². The predicted octanol–water partition coefficient (Wildman–Crippen LogP) is 2.65. The number of ether oxygens (including phenoxy) is 1. The molecule has 1 aromatic heterocycles. The van der Waals surface area contributed by atoms with E-state index in [4.69, 9.17) is 9.26 Å². The highest BCUT2D eigenvalue weighted by atomic mass is 32.2. The van der Waals surface area contributed by atoms with Gasteiger partial charge in [-0.2, -0.15) is 4.31 Å². The first-order valence-corrected chi connectivity index (χ1v) is 11.5. The summed E-state index contributed by atoms with van der Waals surface area (Å²) in [6.07, 6.45) is 1.28. The van der Waals surface area contributed by atoms with Gasteiger partial charge in [0.1, 0.15) is 16.3 Å². The van der Waals surface area contributed by atoms with Crippen molar-refractivity contribution in [3.05, 3.63) is 41.3 Å². The van der Waals surface area contributed by atoms with Gasteiger partial charge in [-0.3, -0.25) is 4.79 Å². The number of amides is 1. The van der Waals surface area contributed by atoms with Crippen LogP contribution in [0, 0.1) is 25.7 Å². The molecule has 1 N–H and O–H groups in total. The molecule has 1 aliphatic rings. The number of aromatic nitrogens is 1. The molecule has 1 amide bonds. The van der Waals surface area contributed by atoms with Gasteiger partial charge >= 0.3 is 0 Å². The summed E-state index contributed by atoms with van der Waals surface area (Å²) in [5.74, 6) is 1.01. The third kappa shape index (κ3) is 4.67. The number of nitrogens with zero attached hydrogens (tertiary/aromatic N) is 2. The van der Waals surface area contributed by atoms with E-state index in [0.717, 1.165) is 11.3 Å². The fourth-order valence-corrected chi connectivity index (χ4v) is 5.66. The monoisotopic (exact) mass is 435 g/mol. The van der Waals surface area contributed by atoms with Crippen molar-refractivity contribution in [2.45, 2.75) is 45.1 Å². The predicted molar refractivity (Wildman–Crippen MR) is 111 cm³/mol. The Labute approximate surface area is 177 Å². The van der Waals surface area contributed by atoms with Crippen LogP contribution in [0.2, 0.25) is 0 Å². The summed E-state index contributed by atoms with van der Waals surface area (Å²) in [6.45, 7) is 6.36. The van der Waals surface area contributed by atoms with Crippen LogP contribution in [0.25, 0.3) is 0 Å². The Morgan fingerprint density at radius 2 is 1.90 bits per heavy atom. The minimum Gasteiger partial charge on any atom is -0.497 e. The highest BCUT2D eigenvalue weighted by Gasteiger charge is 2.36. The number of rotatable bonds is 7. The molecule has 30 heavy (non-hydrogen) atoms. The fourth-order valence-electron chi connectivity index (χ4n) is 3.90. The lowest BCUT2D eigenvalue weighted by molar-refractivity contribution is -0.126. The number of benzene rings is 1. The van der Waals surface area contributed by atoms with Gasteiger partial charge in [0.15, 0.2) is 5.76 Å². The third-order valence-corrected chi connectivity index (χ3v) is 7.95. The van der Waals surface area contributed by atoms with Gasteiger partial charge in [0, 0.05) is 25.6 Å². The maximum atomic E-state index is 12.9. The first-order valence-electron chi connectivity index (χ1n) is 10.1. The lowest BCUT2D eigenvalue weighted by Gasteiger charge is -2.33. The number of carbonyl (C=O) groups excluding carboxylic acids is 1. The zero-order valence-corrected chi connectivity index (χ0v) is 18.7. The number of hydrogen-bond acceptors (Lipinski definition) is 6. The highest BCUT2D eigenvalue weighted by Crippen LogP contribution is 2.30. The van der Waals surface area contributed by atoms with Crippen LogP contribution >= 0.6 is 0 Å². The van der Waals surface area contributed by atoms with Gasteiger partial charge < -0.3 is 14.6 Å². The Balaban J connectivity index is 1.54. The maximum absolute atomic E-state index is 12.9. The van der Waals surface area contributed by atoms with Crippen molar-refractivity contribution >= 4 is 15.9 Å². The lowest BCUT2D eigenvalue weighted by Crippen LogP contribution is -2.42. The van der Waals surface area contributed by atoms with Crippen LogP contribution in [0.4, 0.5) is 0 Å². The molecule has 2 aromatic rings. The Kier molecular flexibility index (Phi) is 6.82. The van der Waals surface area contributed by atoms with E-state index in [-0.39, 0.29) is 22.6 Å². The summed E-state index contributed by atoms with van der Waals surface area (Å²) in [4.78, 5) is 12.8. The van der Waals surface area contributed by atoms with E-state index in [2.05, 4.69) is 10.5 Å². The summed E-state index contributed by atoms with van der Waals surface area (Å²) in [6, 6.07) is 7.56. The molecule has 0 saturated carbocycles. The standard InChI is InChI=1S/C21H29N3O5S/c1-14(21(25)22-13-17-5-7-19(28-4)8-6-17)18-9-11-24(12-10-18)30(26,27)20-15(2)23-29-16(20)3/h5-8,14,18H,9-13H2,1-4H3,(H,22,25)/t14-/m1/s1. The van der Waals surface area contributed by atoms with E-state index in [9.17, 15) is 13.2 Å². The number of carbonyl (C=O) groups is 1. The molecule has 8 nitrogen and oxygen atoms in total. The first-order chi connectivity index (χ1) is 14.2. The van der Waals surface area contributed by atoms with E-state index >= 15 is 0 Å². The summed E-state index contributed by atoms with van der Waals surface area (Å²) >= 11 is 0. The van der Waals surface area contributed by atoms with Crippen LogP contribution < -0.4 is 10.1 Å².